The fourth-order valence-corrected chi connectivity index (χ4v) is 2.23. The maximum atomic E-state index is 13.2. The van der Waals surface area contributed by atoms with Gasteiger partial charge in [0.05, 0.1) is 0 Å². The lowest BCUT2D eigenvalue weighted by molar-refractivity contribution is 0.251. The van der Waals surface area contributed by atoms with E-state index in [2.05, 4.69) is 20.6 Å². The molecule has 0 aliphatic rings. The second-order valence-corrected chi connectivity index (χ2v) is 5.42. The van der Waals surface area contributed by atoms with Gasteiger partial charge in [-0.25, -0.2) is 19.2 Å². The largest absolute Gasteiger partial charge is 0.470 e. The third-order valence-electron chi connectivity index (χ3n) is 3.46. The van der Waals surface area contributed by atoms with E-state index < -0.39 is 6.03 Å². The third-order valence-corrected chi connectivity index (χ3v) is 3.46. The summed E-state index contributed by atoms with van der Waals surface area (Å²) in [4.78, 5) is 20.2. The average molecular weight is 352 g/mol. The van der Waals surface area contributed by atoms with Gasteiger partial charge in [0.1, 0.15) is 12.4 Å². The van der Waals surface area contributed by atoms with Crippen LogP contribution in [0.15, 0.2) is 67.0 Å². The zero-order valence-corrected chi connectivity index (χ0v) is 13.9. The van der Waals surface area contributed by atoms with Gasteiger partial charge in [-0.1, -0.05) is 42.5 Å². The Morgan fingerprint density at radius 3 is 2.58 bits per heavy atom. The summed E-state index contributed by atoms with van der Waals surface area (Å²) in [6.45, 7) is 0.489. The number of nitrogens with one attached hydrogen (secondary N) is 2. The Morgan fingerprint density at radius 2 is 1.77 bits per heavy atom. The topological polar surface area (TPSA) is 76.1 Å². The highest BCUT2D eigenvalue weighted by atomic mass is 19.1. The van der Waals surface area contributed by atoms with Crippen LogP contribution in [0.5, 0.6) is 5.88 Å². The van der Waals surface area contributed by atoms with E-state index >= 15 is 0 Å². The lowest BCUT2D eigenvalue weighted by Crippen LogP contribution is -2.28. The van der Waals surface area contributed by atoms with Crippen LogP contribution in [-0.4, -0.2) is 16.0 Å². The number of rotatable bonds is 6. The first-order chi connectivity index (χ1) is 12.7. The number of benzene rings is 2. The maximum Gasteiger partial charge on any atom is 0.320 e. The van der Waals surface area contributed by atoms with Crippen LogP contribution in [0, 0.1) is 5.82 Å². The van der Waals surface area contributed by atoms with Gasteiger partial charge in [0.2, 0.25) is 0 Å². The number of aromatic nitrogens is 2. The maximum absolute atomic E-state index is 13.2. The first-order valence-electron chi connectivity index (χ1n) is 7.98. The molecule has 3 aromatic rings. The van der Waals surface area contributed by atoms with Crippen LogP contribution in [0.4, 0.5) is 15.0 Å². The number of carbonyl (C=O) groups excluding carboxylic acids is 1. The van der Waals surface area contributed by atoms with Gasteiger partial charge in [-0.3, -0.25) is 5.32 Å². The number of nitrogens with zero attached hydrogens (tertiary/aromatic N) is 2. The van der Waals surface area contributed by atoms with Gasteiger partial charge >= 0.3 is 6.03 Å². The first-order valence-corrected chi connectivity index (χ1v) is 7.98. The van der Waals surface area contributed by atoms with Crippen molar-refractivity contribution in [3.8, 4) is 5.88 Å². The Morgan fingerprint density at radius 1 is 1.00 bits per heavy atom. The molecule has 2 amide bonds. The molecule has 0 saturated heterocycles. The van der Waals surface area contributed by atoms with E-state index in [4.69, 9.17) is 4.74 Å². The van der Waals surface area contributed by atoms with E-state index in [9.17, 15) is 9.18 Å². The standard InChI is InChI=1S/C19H17FN4O2/c20-16-8-4-7-15(11-16)13-26-18-17(21-9-10-22-18)24-19(25)23-12-14-5-2-1-3-6-14/h1-11H,12-13H2,(H2,21,23,24,25). The quantitative estimate of drug-likeness (QED) is 0.712. The molecule has 7 heteroatoms. The zero-order chi connectivity index (χ0) is 18.2. The van der Waals surface area contributed by atoms with Crippen molar-refractivity contribution in [3.63, 3.8) is 0 Å². The summed E-state index contributed by atoms with van der Waals surface area (Å²) < 4.78 is 18.8. The van der Waals surface area contributed by atoms with E-state index in [1.54, 1.807) is 12.1 Å². The SMILES string of the molecule is O=C(NCc1ccccc1)Nc1nccnc1OCc1cccc(F)c1. The van der Waals surface area contributed by atoms with Crippen LogP contribution in [0.2, 0.25) is 0 Å². The number of anilines is 1. The highest BCUT2D eigenvalue weighted by molar-refractivity contribution is 5.89. The minimum absolute atomic E-state index is 0.108. The molecule has 6 nitrogen and oxygen atoms in total. The summed E-state index contributed by atoms with van der Waals surface area (Å²) in [5, 5.41) is 5.34. The Balaban J connectivity index is 1.58. The molecule has 0 atom stereocenters. The lowest BCUT2D eigenvalue weighted by atomic mass is 10.2. The van der Waals surface area contributed by atoms with Crippen LogP contribution in [0.3, 0.4) is 0 Å². The van der Waals surface area contributed by atoms with E-state index in [1.807, 2.05) is 30.3 Å². The minimum Gasteiger partial charge on any atom is -0.470 e. The molecule has 0 radical (unpaired) electrons. The van der Waals surface area contributed by atoms with E-state index in [-0.39, 0.29) is 24.1 Å². The molecule has 0 spiro atoms. The van der Waals surface area contributed by atoms with Crippen molar-refractivity contribution >= 4 is 11.8 Å². The molecule has 3 rings (SSSR count). The van der Waals surface area contributed by atoms with Gasteiger partial charge in [-0.15, -0.1) is 0 Å². The number of amides is 2. The number of urea groups is 1. The molecule has 0 saturated carbocycles. The van der Waals surface area contributed by atoms with Gasteiger partial charge in [-0.05, 0) is 23.3 Å². The number of ether oxygens (including phenoxy) is 1. The number of carbonyl (C=O) groups is 1. The highest BCUT2D eigenvalue weighted by Crippen LogP contribution is 2.19. The normalized spacial score (nSPS) is 10.2. The fraction of sp³-hybridized carbons (Fsp3) is 0.105. The summed E-state index contributed by atoms with van der Waals surface area (Å²) in [5.74, 6) is 0.00460. The highest BCUT2D eigenvalue weighted by Gasteiger charge is 2.10. The molecule has 0 aliphatic heterocycles. The summed E-state index contributed by atoms with van der Waals surface area (Å²) in [6.07, 6.45) is 2.90. The van der Waals surface area contributed by atoms with Crippen molar-refractivity contribution in [2.45, 2.75) is 13.2 Å². The van der Waals surface area contributed by atoms with E-state index in [1.165, 1.54) is 24.5 Å². The monoisotopic (exact) mass is 352 g/mol. The molecule has 0 bridgehead atoms. The summed E-state index contributed by atoms with van der Waals surface area (Å²) in [6, 6.07) is 15.2. The van der Waals surface area contributed by atoms with Gasteiger partial charge < -0.3 is 10.1 Å². The number of hydrogen-bond donors (Lipinski definition) is 2. The van der Waals surface area contributed by atoms with Crippen molar-refractivity contribution in [2.75, 3.05) is 5.32 Å². The van der Waals surface area contributed by atoms with Crippen LogP contribution < -0.4 is 15.4 Å². The third kappa shape index (κ3) is 5.01. The zero-order valence-electron chi connectivity index (χ0n) is 13.9. The summed E-state index contributed by atoms with van der Waals surface area (Å²) >= 11 is 0. The molecule has 1 heterocycles. The van der Waals surface area contributed by atoms with Crippen molar-refractivity contribution in [1.82, 2.24) is 15.3 Å². The molecule has 0 fully saturated rings. The molecule has 1 aromatic heterocycles. The van der Waals surface area contributed by atoms with Gasteiger partial charge in [-0.2, -0.15) is 0 Å². The molecular formula is C19H17FN4O2. The molecule has 0 unspecified atom stereocenters. The Bertz CT molecular complexity index is 874. The van der Waals surface area contributed by atoms with Crippen molar-refractivity contribution in [3.05, 3.63) is 83.9 Å². The molecule has 132 valence electrons. The predicted octanol–water partition coefficient (Wildman–Crippen LogP) is 3.52. The van der Waals surface area contributed by atoms with Crippen LogP contribution >= 0.6 is 0 Å². The average Bonchev–Trinajstić information content (AvgIpc) is 2.67. The molecule has 0 aliphatic carbocycles. The minimum atomic E-state index is -0.426. The molecule has 2 N–H and O–H groups in total. The van der Waals surface area contributed by atoms with Crippen molar-refractivity contribution < 1.29 is 13.9 Å². The Labute approximate surface area is 150 Å². The second kappa shape index (κ2) is 8.57. The summed E-state index contributed by atoms with van der Waals surface area (Å²) in [5.41, 5.74) is 1.62. The number of halogens is 1. The molecule has 26 heavy (non-hydrogen) atoms. The van der Waals surface area contributed by atoms with Gasteiger partial charge in [0.25, 0.3) is 5.88 Å². The Hall–Kier alpha value is -3.48. The van der Waals surface area contributed by atoms with Crippen LogP contribution in [0.1, 0.15) is 11.1 Å². The Kier molecular flexibility index (Phi) is 5.72. The molecular weight excluding hydrogens is 335 g/mol. The van der Waals surface area contributed by atoms with Crippen molar-refractivity contribution in [2.24, 2.45) is 0 Å². The molecule has 2 aromatic carbocycles. The lowest BCUT2D eigenvalue weighted by Gasteiger charge is -2.11. The fourth-order valence-electron chi connectivity index (χ4n) is 2.23. The van der Waals surface area contributed by atoms with Crippen molar-refractivity contribution in [1.29, 1.82) is 0 Å². The predicted molar refractivity (Wildman–Crippen MR) is 95.1 cm³/mol. The second-order valence-electron chi connectivity index (χ2n) is 5.42. The van der Waals surface area contributed by atoms with Crippen LogP contribution in [0.25, 0.3) is 0 Å². The smallest absolute Gasteiger partial charge is 0.320 e. The van der Waals surface area contributed by atoms with E-state index in [0.717, 1.165) is 5.56 Å². The van der Waals surface area contributed by atoms with Gasteiger partial charge in [0.15, 0.2) is 5.82 Å². The van der Waals surface area contributed by atoms with Gasteiger partial charge in [0, 0.05) is 18.9 Å². The van der Waals surface area contributed by atoms with Crippen LogP contribution in [-0.2, 0) is 13.2 Å². The summed E-state index contributed by atoms with van der Waals surface area (Å²) in [7, 11) is 0. The number of hydrogen-bond acceptors (Lipinski definition) is 4. The first kappa shape index (κ1) is 17.3. The van der Waals surface area contributed by atoms with E-state index in [0.29, 0.717) is 12.1 Å².